The van der Waals surface area contributed by atoms with Gasteiger partial charge < -0.3 is 9.22 Å². The molecule has 0 saturated carbocycles. The Kier molecular flexibility index (Phi) is 5.37. The zero-order valence-corrected chi connectivity index (χ0v) is 18.1. The summed E-state index contributed by atoms with van der Waals surface area (Å²) in [6.45, 7) is 2.45. The van der Waals surface area contributed by atoms with E-state index in [0.717, 1.165) is 11.0 Å². The molecule has 2 aliphatic heterocycles. The van der Waals surface area contributed by atoms with Gasteiger partial charge in [-0.25, -0.2) is 0 Å². The summed E-state index contributed by atoms with van der Waals surface area (Å²) in [6, 6.07) is 32.1. The molecule has 2 fully saturated rings. The quantitative estimate of drug-likeness (QED) is 0.277. The van der Waals surface area contributed by atoms with E-state index in [2.05, 4.69) is 72.8 Å². The van der Waals surface area contributed by atoms with Gasteiger partial charge in [-0.15, -0.1) is 0 Å². The Bertz CT molecular complexity index is 978. The van der Waals surface area contributed by atoms with Crippen molar-refractivity contribution in [2.45, 2.75) is 57.3 Å². The van der Waals surface area contributed by atoms with E-state index in [4.69, 9.17) is 4.74 Å². The fourth-order valence-electron chi connectivity index (χ4n) is 6.27. The second-order valence-corrected chi connectivity index (χ2v) is 9.05. The van der Waals surface area contributed by atoms with Crippen molar-refractivity contribution >= 4 is 5.97 Å². The second-order valence-electron chi connectivity index (χ2n) is 9.05. The van der Waals surface area contributed by atoms with Crippen LogP contribution in [0.1, 0.15) is 61.4 Å². The van der Waals surface area contributed by atoms with Crippen LogP contribution in [0.4, 0.5) is 0 Å². The average Bonchev–Trinajstić information content (AvgIpc) is 3.32. The molecule has 5 rings (SSSR count). The summed E-state index contributed by atoms with van der Waals surface area (Å²) in [5.74, 6) is 0.344. The van der Waals surface area contributed by atoms with Gasteiger partial charge in [-0.3, -0.25) is 4.79 Å². The van der Waals surface area contributed by atoms with Crippen molar-refractivity contribution in [2.24, 2.45) is 0 Å². The van der Waals surface area contributed by atoms with Crippen LogP contribution in [0, 0.1) is 0 Å². The molecule has 0 spiro atoms. The lowest BCUT2D eigenvalue weighted by Crippen LogP contribution is -2.50. The molecule has 2 heterocycles. The molecule has 3 heteroatoms. The van der Waals surface area contributed by atoms with Crippen LogP contribution in [0.2, 0.25) is 0 Å². The number of ether oxygens (including phenoxy) is 1. The van der Waals surface area contributed by atoms with E-state index in [0.29, 0.717) is 23.9 Å². The van der Waals surface area contributed by atoms with Crippen LogP contribution in [0.15, 0.2) is 84.9 Å². The van der Waals surface area contributed by atoms with Crippen molar-refractivity contribution in [2.75, 3.05) is 0 Å². The normalized spacial score (nSPS) is 27.1. The standard InChI is InChI=1S/C28H30NO2/c1-21(30)31-26-16-12-22(13-17-26)20-29-25(14-18-27(29)23-8-4-2-5-9-23)15-19-28(29)24-10-6-3-7-11-24/h2-13,16-17,25,27-28H,14-15,18-20H2,1H3/q+1/t25?,27-,28-,29?/m0/s1. The third-order valence-corrected chi connectivity index (χ3v) is 7.40. The Morgan fingerprint density at radius 3 is 1.77 bits per heavy atom. The van der Waals surface area contributed by atoms with Gasteiger partial charge in [-0.1, -0.05) is 60.7 Å². The lowest BCUT2D eigenvalue weighted by Gasteiger charge is -2.46. The molecule has 3 aromatic carbocycles. The van der Waals surface area contributed by atoms with E-state index in [1.165, 1.54) is 49.3 Å². The number of carbonyl (C=O) groups is 1. The Morgan fingerprint density at radius 2 is 1.29 bits per heavy atom. The minimum absolute atomic E-state index is 0.276. The van der Waals surface area contributed by atoms with E-state index in [-0.39, 0.29) is 5.97 Å². The molecule has 3 nitrogen and oxygen atoms in total. The van der Waals surface area contributed by atoms with Crippen LogP contribution >= 0.6 is 0 Å². The fourth-order valence-corrected chi connectivity index (χ4v) is 6.27. The van der Waals surface area contributed by atoms with Crippen molar-refractivity contribution in [3.05, 3.63) is 102 Å². The number of esters is 1. The zero-order chi connectivity index (χ0) is 21.3. The Hall–Kier alpha value is -2.91. The molecular weight excluding hydrogens is 382 g/mol. The number of benzene rings is 3. The van der Waals surface area contributed by atoms with Crippen LogP contribution in [-0.2, 0) is 11.3 Å². The maximum Gasteiger partial charge on any atom is 0.308 e. The van der Waals surface area contributed by atoms with Gasteiger partial charge in [0, 0.05) is 49.3 Å². The van der Waals surface area contributed by atoms with Gasteiger partial charge >= 0.3 is 5.97 Å². The first-order chi connectivity index (χ1) is 15.2. The highest BCUT2D eigenvalue weighted by Crippen LogP contribution is 2.58. The first-order valence-corrected chi connectivity index (χ1v) is 11.4. The molecular formula is C28H30NO2+. The molecule has 0 bridgehead atoms. The number of fused-ring (bicyclic) bond motifs is 1. The first kappa shape index (κ1) is 20.0. The summed E-state index contributed by atoms with van der Waals surface area (Å²) < 4.78 is 6.37. The maximum absolute atomic E-state index is 11.3. The van der Waals surface area contributed by atoms with E-state index in [1.807, 2.05) is 12.1 Å². The van der Waals surface area contributed by atoms with Gasteiger partial charge in [0.05, 0.1) is 6.04 Å². The predicted molar refractivity (Wildman–Crippen MR) is 122 cm³/mol. The number of rotatable bonds is 5. The Morgan fingerprint density at radius 1 is 0.774 bits per heavy atom. The van der Waals surface area contributed by atoms with E-state index in [1.54, 1.807) is 0 Å². The summed E-state index contributed by atoms with van der Waals surface area (Å²) in [4.78, 5) is 11.3. The second kappa shape index (κ2) is 8.32. The lowest BCUT2D eigenvalue weighted by atomic mass is 9.95. The number of nitrogens with zero attached hydrogens (tertiary/aromatic N) is 1. The number of hydrogen-bond acceptors (Lipinski definition) is 2. The highest BCUT2D eigenvalue weighted by Gasteiger charge is 2.58. The maximum atomic E-state index is 11.3. The summed E-state index contributed by atoms with van der Waals surface area (Å²) in [7, 11) is 0. The first-order valence-electron chi connectivity index (χ1n) is 11.4. The van der Waals surface area contributed by atoms with Gasteiger partial charge in [-0.05, 0) is 24.3 Å². The van der Waals surface area contributed by atoms with Gasteiger partial charge in [-0.2, -0.15) is 0 Å². The molecule has 0 N–H and O–H groups in total. The molecule has 158 valence electrons. The van der Waals surface area contributed by atoms with Crippen LogP contribution in [0.3, 0.4) is 0 Å². The van der Waals surface area contributed by atoms with Crippen LogP contribution < -0.4 is 4.74 Å². The van der Waals surface area contributed by atoms with Crippen LogP contribution in [-0.4, -0.2) is 16.5 Å². The van der Waals surface area contributed by atoms with E-state index >= 15 is 0 Å². The number of hydrogen-bond donors (Lipinski definition) is 0. The summed E-state index contributed by atoms with van der Waals surface area (Å²) in [5, 5.41) is 0. The zero-order valence-electron chi connectivity index (χ0n) is 18.1. The largest absolute Gasteiger partial charge is 0.427 e. The predicted octanol–water partition coefficient (Wildman–Crippen LogP) is 6.37. The molecule has 31 heavy (non-hydrogen) atoms. The molecule has 3 aromatic rings. The molecule has 0 unspecified atom stereocenters. The molecule has 2 aliphatic rings. The van der Waals surface area contributed by atoms with Crippen molar-refractivity contribution in [3.63, 3.8) is 0 Å². The van der Waals surface area contributed by atoms with Gasteiger partial charge in [0.15, 0.2) is 0 Å². The molecule has 2 saturated heterocycles. The highest BCUT2D eigenvalue weighted by molar-refractivity contribution is 5.69. The summed E-state index contributed by atoms with van der Waals surface area (Å²) in [6.07, 6.45) is 5.05. The molecule has 0 aromatic heterocycles. The lowest BCUT2D eigenvalue weighted by molar-refractivity contribution is -0.994. The SMILES string of the molecule is CC(=O)Oc1ccc(C[N+]23C(CC[C@H]2c2ccccc2)CC[C@H]3c2ccccc2)cc1. The topological polar surface area (TPSA) is 26.3 Å². The Balaban J connectivity index is 1.56. The van der Waals surface area contributed by atoms with Crippen LogP contribution in [0.5, 0.6) is 5.75 Å². The van der Waals surface area contributed by atoms with Crippen molar-refractivity contribution < 1.29 is 14.0 Å². The molecule has 2 atom stereocenters. The van der Waals surface area contributed by atoms with Crippen molar-refractivity contribution in [1.82, 2.24) is 0 Å². The fraction of sp³-hybridized carbons (Fsp3) is 0.321. The third kappa shape index (κ3) is 3.68. The molecule has 0 radical (unpaired) electrons. The Labute approximate surface area is 184 Å². The van der Waals surface area contributed by atoms with Gasteiger partial charge in [0.1, 0.15) is 24.4 Å². The van der Waals surface area contributed by atoms with Gasteiger partial charge in [0.2, 0.25) is 0 Å². The number of carbonyl (C=O) groups excluding carboxylic acids is 1. The summed E-state index contributed by atoms with van der Waals surface area (Å²) >= 11 is 0. The molecule has 0 amide bonds. The molecule has 0 aliphatic carbocycles. The third-order valence-electron chi connectivity index (χ3n) is 7.40. The smallest absolute Gasteiger partial charge is 0.308 e. The average molecular weight is 413 g/mol. The number of quaternary nitrogens is 1. The van der Waals surface area contributed by atoms with Gasteiger partial charge in [0.25, 0.3) is 0 Å². The van der Waals surface area contributed by atoms with Crippen molar-refractivity contribution in [3.8, 4) is 5.75 Å². The summed E-state index contributed by atoms with van der Waals surface area (Å²) in [5.41, 5.74) is 4.24. The van der Waals surface area contributed by atoms with Crippen LogP contribution in [0.25, 0.3) is 0 Å². The minimum Gasteiger partial charge on any atom is -0.427 e. The monoisotopic (exact) mass is 412 g/mol. The van der Waals surface area contributed by atoms with Crippen molar-refractivity contribution in [1.29, 1.82) is 0 Å². The van der Waals surface area contributed by atoms with E-state index in [9.17, 15) is 4.79 Å². The van der Waals surface area contributed by atoms with E-state index < -0.39 is 0 Å². The highest BCUT2D eigenvalue weighted by atomic mass is 16.5. The minimum atomic E-state index is -0.276.